The van der Waals surface area contributed by atoms with E-state index in [1.165, 1.54) is 31.4 Å². The van der Waals surface area contributed by atoms with Gasteiger partial charge < -0.3 is 9.15 Å². The Morgan fingerprint density at radius 3 is 2.38 bits per heavy atom. The fraction of sp³-hybridized carbons (Fsp3) is 0.125. The van der Waals surface area contributed by atoms with Crippen molar-refractivity contribution in [3.8, 4) is 11.3 Å². The first-order valence-corrected chi connectivity index (χ1v) is 8.30. The number of rotatable bonds is 5. The number of benzene rings is 1. The molecule has 1 amide bonds. The van der Waals surface area contributed by atoms with Gasteiger partial charge in [0.1, 0.15) is 11.5 Å². The zero-order valence-corrected chi connectivity index (χ0v) is 13.8. The van der Waals surface area contributed by atoms with Crippen LogP contribution in [0.2, 0.25) is 0 Å². The standard InChI is InChI=1S/C16H15NO6S/c1-11(18)17-24(20,21)14-7-3-12(4-8-14)15-9-5-13(23-15)6-10-16(19)22-2/h3-10H,1-2H3,(H,17,18)/b10-6+. The molecule has 0 unspecified atom stereocenters. The smallest absolute Gasteiger partial charge is 0.330 e. The van der Waals surface area contributed by atoms with Crippen LogP contribution in [0.1, 0.15) is 12.7 Å². The topological polar surface area (TPSA) is 103 Å². The molecule has 0 saturated carbocycles. The molecule has 0 fully saturated rings. The lowest BCUT2D eigenvalue weighted by Gasteiger charge is -2.05. The van der Waals surface area contributed by atoms with Crippen LogP contribution in [0.15, 0.2) is 51.8 Å². The fourth-order valence-corrected chi connectivity index (χ4v) is 2.85. The molecule has 1 N–H and O–H groups in total. The highest BCUT2D eigenvalue weighted by molar-refractivity contribution is 7.90. The number of furan rings is 1. The molecular formula is C16H15NO6S. The molecule has 0 aliphatic rings. The van der Waals surface area contributed by atoms with Crippen molar-refractivity contribution in [2.75, 3.05) is 7.11 Å². The van der Waals surface area contributed by atoms with Gasteiger partial charge in [-0.15, -0.1) is 0 Å². The first kappa shape index (κ1) is 17.5. The average Bonchev–Trinajstić information content (AvgIpc) is 3.00. The minimum absolute atomic E-state index is 0.0289. The molecule has 126 valence electrons. The number of ether oxygens (including phenoxy) is 1. The maximum absolute atomic E-state index is 11.9. The number of nitrogens with one attached hydrogen (secondary N) is 1. The molecule has 0 aliphatic heterocycles. The highest BCUT2D eigenvalue weighted by Crippen LogP contribution is 2.24. The number of esters is 1. The number of hydrogen-bond donors (Lipinski definition) is 1. The second-order valence-corrected chi connectivity index (χ2v) is 6.43. The molecule has 0 radical (unpaired) electrons. The van der Waals surface area contributed by atoms with Crippen LogP contribution >= 0.6 is 0 Å². The Morgan fingerprint density at radius 2 is 1.79 bits per heavy atom. The molecule has 2 rings (SSSR count). The maximum Gasteiger partial charge on any atom is 0.330 e. The number of amides is 1. The summed E-state index contributed by atoms with van der Waals surface area (Å²) in [6.45, 7) is 1.12. The molecule has 0 spiro atoms. The zero-order valence-electron chi connectivity index (χ0n) is 13.0. The van der Waals surface area contributed by atoms with Crippen LogP contribution in [0.4, 0.5) is 0 Å². The van der Waals surface area contributed by atoms with Crippen molar-refractivity contribution < 1.29 is 27.2 Å². The van der Waals surface area contributed by atoms with Gasteiger partial charge in [0.05, 0.1) is 12.0 Å². The lowest BCUT2D eigenvalue weighted by molar-refractivity contribution is -0.134. The van der Waals surface area contributed by atoms with Crippen molar-refractivity contribution in [3.63, 3.8) is 0 Å². The third-order valence-electron chi connectivity index (χ3n) is 2.94. The van der Waals surface area contributed by atoms with Crippen LogP contribution in [0, 0.1) is 0 Å². The molecule has 1 aromatic carbocycles. The summed E-state index contributed by atoms with van der Waals surface area (Å²) in [7, 11) is -2.59. The summed E-state index contributed by atoms with van der Waals surface area (Å²) in [4.78, 5) is 21.9. The fourth-order valence-electron chi connectivity index (χ4n) is 1.86. The normalized spacial score (nSPS) is 11.4. The minimum atomic E-state index is -3.87. The van der Waals surface area contributed by atoms with Gasteiger partial charge in [-0.25, -0.2) is 17.9 Å². The first-order chi connectivity index (χ1) is 11.3. The SMILES string of the molecule is COC(=O)/C=C/c1ccc(-c2ccc(S(=O)(=O)NC(C)=O)cc2)o1. The van der Waals surface area contributed by atoms with E-state index >= 15 is 0 Å². The van der Waals surface area contributed by atoms with E-state index in [9.17, 15) is 18.0 Å². The van der Waals surface area contributed by atoms with Gasteiger partial charge in [-0.05, 0) is 42.5 Å². The van der Waals surface area contributed by atoms with Crippen molar-refractivity contribution in [1.82, 2.24) is 4.72 Å². The lowest BCUT2D eigenvalue weighted by atomic mass is 10.2. The summed E-state index contributed by atoms with van der Waals surface area (Å²) in [6.07, 6.45) is 2.69. The number of carbonyl (C=O) groups is 2. The van der Waals surface area contributed by atoms with Gasteiger partial charge in [0.15, 0.2) is 0 Å². The quantitative estimate of drug-likeness (QED) is 0.654. The predicted octanol–water partition coefficient (Wildman–Crippen LogP) is 1.96. The third-order valence-corrected chi connectivity index (χ3v) is 4.39. The summed E-state index contributed by atoms with van der Waals surface area (Å²) in [5.74, 6) is -0.207. The van der Waals surface area contributed by atoms with Crippen LogP contribution in [0.25, 0.3) is 17.4 Å². The molecule has 0 saturated heterocycles. The highest BCUT2D eigenvalue weighted by atomic mass is 32.2. The Balaban J connectivity index is 2.20. The molecule has 2 aromatic rings. The third kappa shape index (κ3) is 4.32. The van der Waals surface area contributed by atoms with E-state index in [-0.39, 0.29) is 4.90 Å². The van der Waals surface area contributed by atoms with Crippen molar-refractivity contribution in [2.24, 2.45) is 0 Å². The predicted molar refractivity (Wildman–Crippen MR) is 86.2 cm³/mol. The second kappa shape index (κ2) is 7.14. The van der Waals surface area contributed by atoms with Gasteiger partial charge in [-0.1, -0.05) is 0 Å². The molecule has 8 heteroatoms. The van der Waals surface area contributed by atoms with Crippen molar-refractivity contribution in [1.29, 1.82) is 0 Å². The van der Waals surface area contributed by atoms with E-state index in [1.54, 1.807) is 24.3 Å². The van der Waals surface area contributed by atoms with Gasteiger partial charge in [-0.2, -0.15) is 0 Å². The van der Waals surface area contributed by atoms with E-state index in [4.69, 9.17) is 4.42 Å². The molecule has 0 atom stereocenters. The largest absolute Gasteiger partial charge is 0.466 e. The molecule has 24 heavy (non-hydrogen) atoms. The van der Waals surface area contributed by atoms with Crippen LogP contribution in [0.5, 0.6) is 0 Å². The molecular weight excluding hydrogens is 334 g/mol. The van der Waals surface area contributed by atoms with Gasteiger partial charge in [0.25, 0.3) is 10.0 Å². The summed E-state index contributed by atoms with van der Waals surface area (Å²) < 4.78 is 35.6. The number of methoxy groups -OCH3 is 1. The summed E-state index contributed by atoms with van der Waals surface area (Å²) in [5, 5.41) is 0. The summed E-state index contributed by atoms with van der Waals surface area (Å²) >= 11 is 0. The Labute approximate surface area is 139 Å². The molecule has 0 bridgehead atoms. The van der Waals surface area contributed by atoms with Crippen LogP contribution in [-0.2, 0) is 24.3 Å². The molecule has 0 aliphatic carbocycles. The van der Waals surface area contributed by atoms with E-state index in [0.29, 0.717) is 17.1 Å². The zero-order chi connectivity index (χ0) is 17.7. The average molecular weight is 349 g/mol. The van der Waals surface area contributed by atoms with Crippen LogP contribution < -0.4 is 4.72 Å². The second-order valence-electron chi connectivity index (χ2n) is 4.74. The van der Waals surface area contributed by atoms with E-state index < -0.39 is 21.9 Å². The molecule has 1 heterocycles. The summed E-state index contributed by atoms with van der Waals surface area (Å²) in [5.41, 5.74) is 0.648. The Bertz CT molecular complexity index is 878. The van der Waals surface area contributed by atoms with Crippen molar-refractivity contribution in [3.05, 3.63) is 48.2 Å². The number of sulfonamides is 1. The van der Waals surface area contributed by atoms with Crippen molar-refractivity contribution >= 4 is 28.0 Å². The number of carbonyl (C=O) groups excluding carboxylic acids is 2. The van der Waals surface area contributed by atoms with Gasteiger partial charge >= 0.3 is 5.97 Å². The van der Waals surface area contributed by atoms with E-state index in [0.717, 1.165) is 6.92 Å². The monoisotopic (exact) mass is 349 g/mol. The maximum atomic E-state index is 11.9. The Morgan fingerprint density at radius 1 is 1.12 bits per heavy atom. The van der Waals surface area contributed by atoms with Crippen molar-refractivity contribution in [2.45, 2.75) is 11.8 Å². The van der Waals surface area contributed by atoms with Crippen LogP contribution in [0.3, 0.4) is 0 Å². The Kier molecular flexibility index (Phi) is 5.20. The van der Waals surface area contributed by atoms with Crippen LogP contribution in [-0.4, -0.2) is 27.4 Å². The van der Waals surface area contributed by atoms with E-state index in [2.05, 4.69) is 4.74 Å². The first-order valence-electron chi connectivity index (χ1n) is 6.81. The lowest BCUT2D eigenvalue weighted by Crippen LogP contribution is -2.28. The highest BCUT2D eigenvalue weighted by Gasteiger charge is 2.15. The molecule has 7 nitrogen and oxygen atoms in total. The minimum Gasteiger partial charge on any atom is -0.466 e. The van der Waals surface area contributed by atoms with Gasteiger partial charge in [0.2, 0.25) is 5.91 Å². The van der Waals surface area contributed by atoms with Gasteiger partial charge in [-0.3, -0.25) is 4.79 Å². The Hall–Kier alpha value is -2.87. The van der Waals surface area contributed by atoms with E-state index in [1.807, 2.05) is 4.72 Å². The molecule has 1 aromatic heterocycles. The number of hydrogen-bond acceptors (Lipinski definition) is 6. The van der Waals surface area contributed by atoms with Gasteiger partial charge in [0, 0.05) is 18.6 Å². The summed E-state index contributed by atoms with van der Waals surface area (Å²) in [6, 6.07) is 9.20.